The Balaban J connectivity index is 1.70. The number of ether oxygens (including phenoxy) is 2. The number of hydrogen-bond donors (Lipinski definition) is 1. The molecule has 4 heterocycles. The number of rotatable bonds is 5. The van der Waals surface area contributed by atoms with E-state index in [-0.39, 0.29) is 23.5 Å². The van der Waals surface area contributed by atoms with E-state index in [1.54, 1.807) is 12.1 Å². The number of fused-ring (bicyclic) bond motifs is 4. The molecule has 0 fully saturated rings. The molecular weight excluding hydrogens is 520 g/mol. The number of nitrogens with zero attached hydrogens (tertiary/aromatic N) is 5. The molecule has 1 N–H and O–H groups in total. The van der Waals surface area contributed by atoms with Gasteiger partial charge < -0.3 is 19.4 Å². The largest absolute Gasteiger partial charge is 0.480 e. The number of methoxy groups -OCH3 is 2. The summed E-state index contributed by atoms with van der Waals surface area (Å²) in [7, 11) is 2.94. The highest BCUT2D eigenvalue weighted by Crippen LogP contribution is 2.54. The Hall–Kier alpha value is -4.44. The number of nitrogens with one attached hydrogen (secondary N) is 1. The Morgan fingerprint density at radius 1 is 1.05 bits per heavy atom. The number of halogens is 1. The van der Waals surface area contributed by atoms with Crippen molar-refractivity contribution in [2.24, 2.45) is 0 Å². The summed E-state index contributed by atoms with van der Waals surface area (Å²) in [6, 6.07) is 11.2. The maximum absolute atomic E-state index is 14.4. The van der Waals surface area contributed by atoms with E-state index in [4.69, 9.17) is 26.1 Å². The topological polar surface area (TPSA) is 111 Å². The Morgan fingerprint density at radius 3 is 2.56 bits per heavy atom. The zero-order valence-electron chi connectivity index (χ0n) is 22.0. The fourth-order valence-corrected chi connectivity index (χ4v) is 5.75. The lowest BCUT2D eigenvalue weighted by Gasteiger charge is -2.36. The highest BCUT2D eigenvalue weighted by atomic mass is 35.5. The van der Waals surface area contributed by atoms with E-state index in [0.717, 1.165) is 11.1 Å². The molecule has 39 heavy (non-hydrogen) atoms. The highest BCUT2D eigenvalue weighted by molar-refractivity contribution is 6.31. The number of hydrogen-bond acceptors (Lipinski definition) is 7. The van der Waals surface area contributed by atoms with Gasteiger partial charge in [-0.2, -0.15) is 4.98 Å². The first kappa shape index (κ1) is 24.9. The Morgan fingerprint density at radius 2 is 1.85 bits per heavy atom. The van der Waals surface area contributed by atoms with Crippen LogP contribution in [0.3, 0.4) is 0 Å². The van der Waals surface area contributed by atoms with Gasteiger partial charge in [-0.15, -0.1) is 0 Å². The number of imidazole rings is 1. The van der Waals surface area contributed by atoms with Crippen LogP contribution in [-0.4, -0.2) is 45.6 Å². The molecule has 4 aromatic rings. The summed E-state index contributed by atoms with van der Waals surface area (Å²) in [4.78, 5) is 43.5. The molecule has 2 amide bonds. The Kier molecular flexibility index (Phi) is 5.62. The average Bonchev–Trinajstić information content (AvgIpc) is 3.53. The minimum absolute atomic E-state index is 0.132. The van der Waals surface area contributed by atoms with Crippen LogP contribution in [0, 0.1) is 13.8 Å². The molecule has 10 nitrogen and oxygen atoms in total. The molecule has 0 saturated carbocycles. The first-order valence-corrected chi connectivity index (χ1v) is 12.7. The third-order valence-corrected chi connectivity index (χ3v) is 7.50. The molecule has 2 aliphatic rings. The van der Waals surface area contributed by atoms with E-state index in [1.807, 2.05) is 49.6 Å². The first-order chi connectivity index (χ1) is 18.8. The molecule has 0 aliphatic carbocycles. The van der Waals surface area contributed by atoms with Crippen LogP contribution in [0.15, 0.2) is 42.6 Å². The van der Waals surface area contributed by atoms with Crippen molar-refractivity contribution in [3.8, 4) is 23.3 Å². The van der Waals surface area contributed by atoms with Gasteiger partial charge in [0.2, 0.25) is 5.88 Å². The summed E-state index contributed by atoms with van der Waals surface area (Å²) >= 11 is 6.41. The number of amides is 2. The van der Waals surface area contributed by atoms with Gasteiger partial charge in [-0.05, 0) is 50.1 Å². The third kappa shape index (κ3) is 3.31. The first-order valence-electron chi connectivity index (χ1n) is 12.4. The normalized spacial score (nSPS) is 17.4. The second-order valence-corrected chi connectivity index (χ2v) is 9.88. The number of aromatic nitrogens is 4. The van der Waals surface area contributed by atoms with Crippen LogP contribution in [0.5, 0.6) is 11.9 Å². The molecule has 2 aliphatic heterocycles. The lowest BCUT2D eigenvalue weighted by molar-refractivity contribution is -0.119. The number of carbonyl (C=O) groups is 2. The van der Waals surface area contributed by atoms with Gasteiger partial charge in [0.25, 0.3) is 11.8 Å². The molecule has 2 aromatic carbocycles. The van der Waals surface area contributed by atoms with Crippen LogP contribution in [-0.2, 0) is 16.9 Å². The van der Waals surface area contributed by atoms with Gasteiger partial charge in [0, 0.05) is 29.0 Å². The molecule has 1 unspecified atom stereocenters. The van der Waals surface area contributed by atoms with Crippen molar-refractivity contribution in [2.45, 2.75) is 32.9 Å². The molecule has 1 atom stereocenters. The molecular formula is C28H25ClN6O4. The van der Waals surface area contributed by atoms with Crippen LogP contribution in [0.4, 0.5) is 11.4 Å². The molecule has 1 spiro atoms. The number of aryl methyl sites for hydroxylation is 2. The van der Waals surface area contributed by atoms with E-state index < -0.39 is 11.4 Å². The molecule has 6 rings (SSSR count). The van der Waals surface area contributed by atoms with Crippen molar-refractivity contribution >= 4 is 34.8 Å². The monoisotopic (exact) mass is 544 g/mol. The SMILES string of the molecule is CCn1c(-c2cnc(OC)nc2OC)nc2c1C1(C(=O)Nc3cc(C)ccc31)N(c1cc(Cl)ccc1C)C2=O. The zero-order chi connectivity index (χ0) is 27.6. The minimum Gasteiger partial charge on any atom is -0.480 e. The average molecular weight is 545 g/mol. The molecule has 198 valence electrons. The fraction of sp³-hybridized carbons (Fsp3) is 0.250. The summed E-state index contributed by atoms with van der Waals surface area (Å²) in [6.45, 7) is 6.16. The lowest BCUT2D eigenvalue weighted by Crippen LogP contribution is -2.51. The van der Waals surface area contributed by atoms with Crippen LogP contribution in [0.2, 0.25) is 5.02 Å². The van der Waals surface area contributed by atoms with Crippen molar-refractivity contribution in [2.75, 3.05) is 24.4 Å². The summed E-state index contributed by atoms with van der Waals surface area (Å²) < 4.78 is 12.5. The summed E-state index contributed by atoms with van der Waals surface area (Å²) in [6.07, 6.45) is 1.54. The Labute approximate surface area is 229 Å². The third-order valence-electron chi connectivity index (χ3n) is 7.27. The second-order valence-electron chi connectivity index (χ2n) is 9.44. The van der Waals surface area contributed by atoms with Crippen molar-refractivity contribution in [3.63, 3.8) is 0 Å². The van der Waals surface area contributed by atoms with Gasteiger partial charge in [-0.3, -0.25) is 14.5 Å². The smallest absolute Gasteiger partial charge is 0.319 e. The van der Waals surface area contributed by atoms with Crippen LogP contribution in [0.25, 0.3) is 11.4 Å². The maximum Gasteiger partial charge on any atom is 0.319 e. The van der Waals surface area contributed by atoms with Gasteiger partial charge in [-0.1, -0.05) is 29.8 Å². The summed E-state index contributed by atoms with van der Waals surface area (Å²) in [5.41, 5.74) is 3.16. The highest BCUT2D eigenvalue weighted by Gasteiger charge is 2.64. The standard InChI is InChI=1S/C28H25ClN6O4/c1-6-34-22-21(32-23(34)17-13-30-27(39-5)33-24(17)38-4)25(36)35(20-12-16(29)9-8-15(20)3)28(22)18-10-7-14(2)11-19(18)31-26(28)37/h7-13H,6H2,1-5H3,(H,31,37). The van der Waals surface area contributed by atoms with E-state index in [0.29, 0.717) is 45.6 Å². The predicted molar refractivity (Wildman–Crippen MR) is 146 cm³/mol. The van der Waals surface area contributed by atoms with Crippen LogP contribution in [0.1, 0.15) is 39.8 Å². The Bertz CT molecular complexity index is 1700. The van der Waals surface area contributed by atoms with Gasteiger partial charge in [-0.25, -0.2) is 9.97 Å². The predicted octanol–water partition coefficient (Wildman–Crippen LogP) is 4.50. The van der Waals surface area contributed by atoms with Gasteiger partial charge in [0.1, 0.15) is 5.82 Å². The fourth-order valence-electron chi connectivity index (χ4n) is 5.59. The van der Waals surface area contributed by atoms with Gasteiger partial charge in [0.05, 0.1) is 31.2 Å². The van der Waals surface area contributed by atoms with E-state index in [2.05, 4.69) is 15.3 Å². The van der Waals surface area contributed by atoms with Crippen LogP contribution < -0.4 is 19.7 Å². The maximum atomic E-state index is 14.4. The quantitative estimate of drug-likeness (QED) is 0.393. The van der Waals surface area contributed by atoms with E-state index in [1.165, 1.54) is 25.3 Å². The molecule has 11 heteroatoms. The summed E-state index contributed by atoms with van der Waals surface area (Å²) in [5.74, 6) is -0.129. The second kappa shape index (κ2) is 8.81. The molecule has 0 bridgehead atoms. The number of carbonyl (C=O) groups excluding carboxylic acids is 2. The number of anilines is 2. The van der Waals surface area contributed by atoms with Crippen LogP contribution >= 0.6 is 11.6 Å². The van der Waals surface area contributed by atoms with Gasteiger partial charge in [0.15, 0.2) is 11.2 Å². The minimum atomic E-state index is -1.52. The van der Waals surface area contributed by atoms with E-state index in [9.17, 15) is 9.59 Å². The van der Waals surface area contributed by atoms with Crippen molar-refractivity contribution in [1.82, 2.24) is 19.5 Å². The lowest BCUT2D eigenvalue weighted by atomic mass is 9.86. The van der Waals surface area contributed by atoms with Crippen molar-refractivity contribution in [1.29, 1.82) is 0 Å². The van der Waals surface area contributed by atoms with E-state index >= 15 is 0 Å². The van der Waals surface area contributed by atoms with Crippen molar-refractivity contribution in [3.05, 3.63) is 75.7 Å². The molecule has 2 aromatic heterocycles. The zero-order valence-corrected chi connectivity index (χ0v) is 22.8. The number of benzene rings is 2. The van der Waals surface area contributed by atoms with Crippen molar-refractivity contribution < 1.29 is 19.1 Å². The molecule has 0 radical (unpaired) electrons. The summed E-state index contributed by atoms with van der Waals surface area (Å²) in [5, 5.41) is 3.48. The molecule has 0 saturated heterocycles. The van der Waals surface area contributed by atoms with Gasteiger partial charge >= 0.3 is 6.01 Å².